The number of imidazole rings is 1. The zero-order chi connectivity index (χ0) is 10.8. The second kappa shape index (κ2) is 3.96. The molecule has 0 radical (unpaired) electrons. The van der Waals surface area contributed by atoms with Gasteiger partial charge in [-0.25, -0.2) is 4.98 Å². The van der Waals surface area contributed by atoms with Gasteiger partial charge in [-0.2, -0.15) is 0 Å². The van der Waals surface area contributed by atoms with Crippen LogP contribution in [0.15, 0.2) is 36.8 Å². The van der Waals surface area contributed by atoms with Crippen LogP contribution in [0.3, 0.4) is 0 Å². The summed E-state index contributed by atoms with van der Waals surface area (Å²) >= 11 is 0. The molecule has 1 aliphatic carbocycles. The average Bonchev–Trinajstić information content (AvgIpc) is 3.07. The van der Waals surface area contributed by atoms with Crippen molar-refractivity contribution in [1.82, 2.24) is 14.5 Å². The molecular weight excluding hydrogens is 200 g/mol. The van der Waals surface area contributed by atoms with Gasteiger partial charge in [0.05, 0.1) is 12.2 Å². The SMILES string of the molecule is c1ccc(CNc2nccn2C2CC2)nc1. The maximum absolute atomic E-state index is 4.32. The quantitative estimate of drug-likeness (QED) is 0.848. The minimum atomic E-state index is 0.661. The van der Waals surface area contributed by atoms with Crippen LogP contribution < -0.4 is 5.32 Å². The summed E-state index contributed by atoms with van der Waals surface area (Å²) in [5.74, 6) is 0.952. The third-order valence-corrected chi connectivity index (χ3v) is 2.76. The number of aromatic nitrogens is 3. The Hall–Kier alpha value is -1.84. The Balaban J connectivity index is 1.68. The molecule has 0 atom stereocenters. The van der Waals surface area contributed by atoms with Crippen molar-refractivity contribution >= 4 is 5.95 Å². The average molecular weight is 214 g/mol. The molecule has 1 aliphatic rings. The molecule has 0 bridgehead atoms. The first-order chi connectivity index (χ1) is 7.93. The van der Waals surface area contributed by atoms with Crippen LogP contribution in [0.5, 0.6) is 0 Å². The van der Waals surface area contributed by atoms with Crippen LogP contribution >= 0.6 is 0 Å². The van der Waals surface area contributed by atoms with Gasteiger partial charge in [0.1, 0.15) is 0 Å². The second-order valence-electron chi connectivity index (χ2n) is 4.06. The van der Waals surface area contributed by atoms with Gasteiger partial charge in [-0.1, -0.05) is 6.07 Å². The van der Waals surface area contributed by atoms with E-state index < -0.39 is 0 Å². The minimum absolute atomic E-state index is 0.661. The summed E-state index contributed by atoms with van der Waals surface area (Å²) in [5, 5.41) is 3.32. The smallest absolute Gasteiger partial charge is 0.203 e. The number of rotatable bonds is 4. The molecule has 1 saturated carbocycles. The van der Waals surface area contributed by atoms with Crippen LogP contribution in [-0.4, -0.2) is 14.5 Å². The Bertz CT molecular complexity index is 459. The molecule has 1 fully saturated rings. The van der Waals surface area contributed by atoms with E-state index >= 15 is 0 Å². The van der Waals surface area contributed by atoms with Crippen LogP contribution in [0.25, 0.3) is 0 Å². The van der Waals surface area contributed by atoms with Gasteiger partial charge in [-0.15, -0.1) is 0 Å². The summed E-state index contributed by atoms with van der Waals surface area (Å²) < 4.78 is 2.21. The number of nitrogens with one attached hydrogen (secondary N) is 1. The number of anilines is 1. The van der Waals surface area contributed by atoms with Gasteiger partial charge in [-0.3, -0.25) is 4.98 Å². The van der Waals surface area contributed by atoms with Gasteiger partial charge in [0.15, 0.2) is 0 Å². The third kappa shape index (κ3) is 1.91. The molecule has 2 aromatic rings. The molecule has 82 valence electrons. The predicted molar refractivity (Wildman–Crippen MR) is 62.1 cm³/mol. The van der Waals surface area contributed by atoms with E-state index in [0.717, 1.165) is 18.2 Å². The van der Waals surface area contributed by atoms with Crippen molar-refractivity contribution in [3.63, 3.8) is 0 Å². The Labute approximate surface area is 94.4 Å². The highest BCUT2D eigenvalue weighted by Crippen LogP contribution is 2.36. The molecule has 0 spiro atoms. The van der Waals surface area contributed by atoms with Crippen LogP contribution in [0.4, 0.5) is 5.95 Å². The molecular formula is C12H14N4. The largest absolute Gasteiger partial charge is 0.350 e. The first-order valence-electron chi connectivity index (χ1n) is 5.60. The summed E-state index contributed by atoms with van der Waals surface area (Å²) in [7, 11) is 0. The van der Waals surface area contributed by atoms with Crippen LogP contribution in [0.1, 0.15) is 24.6 Å². The molecule has 0 aromatic carbocycles. The van der Waals surface area contributed by atoms with Crippen molar-refractivity contribution in [3.05, 3.63) is 42.5 Å². The first-order valence-corrected chi connectivity index (χ1v) is 5.60. The number of pyridine rings is 1. The van der Waals surface area contributed by atoms with E-state index in [-0.39, 0.29) is 0 Å². The lowest BCUT2D eigenvalue weighted by molar-refractivity contribution is 0.742. The molecule has 3 rings (SSSR count). The maximum atomic E-state index is 4.32. The Kier molecular flexibility index (Phi) is 2.33. The molecule has 0 amide bonds. The van der Waals surface area contributed by atoms with E-state index in [4.69, 9.17) is 0 Å². The van der Waals surface area contributed by atoms with E-state index in [1.165, 1.54) is 12.8 Å². The predicted octanol–water partition coefficient (Wildman–Crippen LogP) is 2.23. The van der Waals surface area contributed by atoms with E-state index in [2.05, 4.69) is 19.9 Å². The molecule has 0 unspecified atom stereocenters. The molecule has 16 heavy (non-hydrogen) atoms. The van der Waals surface area contributed by atoms with Crippen LogP contribution in [0, 0.1) is 0 Å². The summed E-state index contributed by atoms with van der Waals surface area (Å²) in [6, 6.07) is 6.59. The van der Waals surface area contributed by atoms with Crippen molar-refractivity contribution in [1.29, 1.82) is 0 Å². The van der Waals surface area contributed by atoms with Crippen molar-refractivity contribution in [2.45, 2.75) is 25.4 Å². The number of nitrogens with zero attached hydrogens (tertiary/aromatic N) is 3. The fourth-order valence-electron chi connectivity index (χ4n) is 1.77. The van der Waals surface area contributed by atoms with Crippen molar-refractivity contribution < 1.29 is 0 Å². The maximum Gasteiger partial charge on any atom is 0.203 e. The van der Waals surface area contributed by atoms with E-state index in [1.807, 2.05) is 36.8 Å². The molecule has 2 aromatic heterocycles. The molecule has 0 saturated heterocycles. The monoisotopic (exact) mass is 214 g/mol. The molecule has 4 heteroatoms. The first kappa shape index (κ1) is 9.39. The van der Waals surface area contributed by atoms with E-state index in [9.17, 15) is 0 Å². The minimum Gasteiger partial charge on any atom is -0.350 e. The fourth-order valence-corrected chi connectivity index (χ4v) is 1.77. The highest BCUT2D eigenvalue weighted by Gasteiger charge is 2.25. The Morgan fingerprint density at radius 1 is 1.25 bits per heavy atom. The summed E-state index contributed by atoms with van der Waals surface area (Å²) in [4.78, 5) is 8.59. The van der Waals surface area contributed by atoms with Crippen molar-refractivity contribution in [2.75, 3.05) is 5.32 Å². The molecule has 4 nitrogen and oxygen atoms in total. The fraction of sp³-hybridized carbons (Fsp3) is 0.333. The van der Waals surface area contributed by atoms with Crippen molar-refractivity contribution in [2.24, 2.45) is 0 Å². The van der Waals surface area contributed by atoms with E-state index in [0.29, 0.717) is 6.04 Å². The highest BCUT2D eigenvalue weighted by molar-refractivity contribution is 5.28. The summed E-state index contributed by atoms with van der Waals surface area (Å²) in [6.07, 6.45) is 8.24. The Morgan fingerprint density at radius 2 is 2.19 bits per heavy atom. The standard InChI is InChI=1S/C12H14N4/c1-2-6-13-10(3-1)9-15-12-14-7-8-16(12)11-4-5-11/h1-3,6-8,11H,4-5,9H2,(H,14,15). The molecule has 1 N–H and O–H groups in total. The van der Waals surface area contributed by atoms with Gasteiger partial charge in [0, 0.05) is 24.6 Å². The van der Waals surface area contributed by atoms with Gasteiger partial charge in [-0.05, 0) is 25.0 Å². The zero-order valence-corrected chi connectivity index (χ0v) is 9.00. The topological polar surface area (TPSA) is 42.7 Å². The second-order valence-corrected chi connectivity index (χ2v) is 4.06. The lowest BCUT2D eigenvalue weighted by Crippen LogP contribution is -2.07. The lowest BCUT2D eigenvalue weighted by Gasteiger charge is -2.07. The molecule has 0 aliphatic heterocycles. The third-order valence-electron chi connectivity index (χ3n) is 2.76. The van der Waals surface area contributed by atoms with Gasteiger partial charge in [0.25, 0.3) is 0 Å². The van der Waals surface area contributed by atoms with Gasteiger partial charge >= 0.3 is 0 Å². The lowest BCUT2D eigenvalue weighted by atomic mass is 10.3. The van der Waals surface area contributed by atoms with E-state index in [1.54, 1.807) is 0 Å². The molecule has 2 heterocycles. The zero-order valence-electron chi connectivity index (χ0n) is 9.00. The van der Waals surface area contributed by atoms with Crippen LogP contribution in [-0.2, 0) is 6.54 Å². The Morgan fingerprint density at radius 3 is 2.94 bits per heavy atom. The van der Waals surface area contributed by atoms with Gasteiger partial charge in [0.2, 0.25) is 5.95 Å². The van der Waals surface area contributed by atoms with Crippen LogP contribution in [0.2, 0.25) is 0 Å². The van der Waals surface area contributed by atoms with Gasteiger partial charge < -0.3 is 9.88 Å². The number of hydrogen-bond acceptors (Lipinski definition) is 3. The summed E-state index contributed by atoms with van der Waals surface area (Å²) in [5.41, 5.74) is 1.04. The normalized spacial score (nSPS) is 15.0. The summed E-state index contributed by atoms with van der Waals surface area (Å²) in [6.45, 7) is 0.727. The highest BCUT2D eigenvalue weighted by atomic mass is 15.2. The van der Waals surface area contributed by atoms with Crippen molar-refractivity contribution in [3.8, 4) is 0 Å². The number of hydrogen-bond donors (Lipinski definition) is 1.